The van der Waals surface area contributed by atoms with Crippen LogP contribution in [0, 0.1) is 10.1 Å². The number of anilines is 8. The predicted octanol–water partition coefficient (Wildman–Crippen LogP) is 6.53. The average molecular weight is 1240 g/mol. The van der Waals surface area contributed by atoms with E-state index < -0.39 is 15.8 Å². The quantitative estimate of drug-likeness (QED) is 0.0386. The molecule has 3 fully saturated rings. The molecule has 0 saturated carbocycles. The van der Waals surface area contributed by atoms with Gasteiger partial charge in [0.2, 0.25) is 28.7 Å². The SMILES string of the molecule is CNc1ncnc(Cl)c1[N+](=O)[O-].CNc1ncnc(N2CCC3(CC2)C(=O)Nc2ccccc23)c1N.Cn1c(-c2cncnc2)nc2c(N3CCC4(CC3)C(=O)Nc3ccccc34)ncnc21.O=C1Nc2ccccc2C12CCNCC2.O=Cc1cncnc1. The Morgan fingerprint density at radius 1 is 0.600 bits per heavy atom. The number of rotatable bonds is 7. The predicted molar refractivity (Wildman–Crippen MR) is 339 cm³/mol. The van der Waals surface area contributed by atoms with Crippen LogP contribution in [0.4, 0.5) is 51.7 Å². The van der Waals surface area contributed by atoms with Gasteiger partial charge in [-0.3, -0.25) is 29.3 Å². The Bertz CT molecular complexity index is 4120. The highest BCUT2D eigenvalue weighted by Gasteiger charge is 2.50. The summed E-state index contributed by atoms with van der Waals surface area (Å²) in [7, 11) is 5.23. The summed E-state index contributed by atoms with van der Waals surface area (Å²) in [4.78, 5) is 106. The summed E-state index contributed by atoms with van der Waals surface area (Å²) in [5, 5.41) is 28.1. The van der Waals surface area contributed by atoms with E-state index in [9.17, 15) is 29.3 Å². The van der Waals surface area contributed by atoms with Gasteiger partial charge in [0.15, 0.2) is 34.9 Å². The minimum absolute atomic E-state index is 0.102. The summed E-state index contributed by atoms with van der Waals surface area (Å²) in [6.45, 7) is 4.75. The Morgan fingerprint density at radius 3 is 1.52 bits per heavy atom. The number of hydrogen-bond donors (Lipinski definition) is 7. The van der Waals surface area contributed by atoms with Crippen molar-refractivity contribution in [3.8, 4) is 11.4 Å². The molecule has 6 aromatic heterocycles. The first-order valence-electron chi connectivity index (χ1n) is 28.9. The zero-order valence-electron chi connectivity index (χ0n) is 49.3. The Morgan fingerprint density at radius 2 is 1.04 bits per heavy atom. The van der Waals surface area contributed by atoms with Crippen LogP contribution in [0.5, 0.6) is 0 Å². The number of fused-ring (bicyclic) bond motifs is 7. The summed E-state index contributed by atoms with van der Waals surface area (Å²) in [5.41, 5.74) is 14.4. The molecule has 8 N–H and O–H groups in total. The first-order chi connectivity index (χ1) is 43.7. The number of aryl methyl sites for hydroxylation is 1. The largest absolute Gasteiger partial charge is 0.393 e. The molecule has 9 aromatic rings. The second kappa shape index (κ2) is 26.3. The Labute approximate surface area is 520 Å². The molecular weight excluding hydrogens is 1170 g/mol. The summed E-state index contributed by atoms with van der Waals surface area (Å²) in [6, 6.07) is 24.0. The van der Waals surface area contributed by atoms with Crippen molar-refractivity contribution in [2.24, 2.45) is 7.05 Å². The van der Waals surface area contributed by atoms with Gasteiger partial charge in [-0.2, -0.15) is 0 Å². The van der Waals surface area contributed by atoms with Crippen LogP contribution >= 0.6 is 11.6 Å². The van der Waals surface area contributed by atoms with Gasteiger partial charge >= 0.3 is 5.69 Å². The number of aromatic nitrogens is 12. The van der Waals surface area contributed by atoms with Crippen LogP contribution in [0.2, 0.25) is 5.15 Å². The molecule has 12 heterocycles. The maximum atomic E-state index is 12.9. The molecule has 6 aliphatic heterocycles. The molecule has 3 spiro atoms. The Hall–Kier alpha value is -10.7. The minimum Gasteiger partial charge on any atom is -0.393 e. The third-order valence-electron chi connectivity index (χ3n) is 17.1. The molecule has 28 nitrogen and oxygen atoms in total. The molecule has 0 radical (unpaired) electrons. The van der Waals surface area contributed by atoms with Gasteiger partial charge in [-0.15, -0.1) is 0 Å². The summed E-state index contributed by atoms with van der Waals surface area (Å²) >= 11 is 5.47. The number of nitrogen functional groups attached to an aromatic ring is 1. The first kappa shape index (κ1) is 60.9. The lowest BCUT2D eigenvalue weighted by Crippen LogP contribution is -2.47. The van der Waals surface area contributed by atoms with Crippen molar-refractivity contribution in [1.29, 1.82) is 0 Å². The lowest BCUT2D eigenvalue weighted by Gasteiger charge is -2.38. The number of nitrogens with one attached hydrogen (secondary N) is 6. The lowest BCUT2D eigenvalue weighted by molar-refractivity contribution is -0.384. The van der Waals surface area contributed by atoms with E-state index in [0.29, 0.717) is 36.4 Å². The van der Waals surface area contributed by atoms with Gasteiger partial charge in [-0.25, -0.2) is 54.8 Å². The van der Waals surface area contributed by atoms with Crippen LogP contribution in [0.15, 0.2) is 129 Å². The fourth-order valence-corrected chi connectivity index (χ4v) is 12.7. The molecule has 29 heteroatoms. The number of carbonyl (C=O) groups is 4. The van der Waals surface area contributed by atoms with Crippen molar-refractivity contribution < 1.29 is 24.1 Å². The molecule has 3 aromatic carbocycles. The van der Waals surface area contributed by atoms with Gasteiger partial charge in [-0.05, 0) is 86.5 Å². The molecule has 15 rings (SSSR count). The van der Waals surface area contributed by atoms with E-state index in [-0.39, 0.29) is 39.8 Å². The van der Waals surface area contributed by atoms with Crippen LogP contribution in [-0.2, 0) is 37.7 Å². The fourth-order valence-electron chi connectivity index (χ4n) is 12.5. The van der Waals surface area contributed by atoms with E-state index in [1.54, 1.807) is 25.8 Å². The molecular formula is C61H63ClN22O6. The number of carbonyl (C=O) groups excluding carboxylic acids is 4. The summed E-state index contributed by atoms with van der Waals surface area (Å²) in [6.07, 6.45) is 19.0. The number of nitrogens with zero attached hydrogens (tertiary/aromatic N) is 15. The van der Waals surface area contributed by atoms with Gasteiger partial charge < -0.3 is 52.0 Å². The highest BCUT2D eigenvalue weighted by Crippen LogP contribution is 2.48. The molecule has 0 aliphatic carbocycles. The van der Waals surface area contributed by atoms with Crippen LogP contribution in [0.25, 0.3) is 22.6 Å². The average Bonchev–Trinajstić information content (AvgIpc) is 1.63. The van der Waals surface area contributed by atoms with E-state index in [2.05, 4.69) is 110 Å². The van der Waals surface area contributed by atoms with Crippen molar-refractivity contribution >= 4 is 98.5 Å². The Kier molecular flexibility index (Phi) is 17.8. The highest BCUT2D eigenvalue weighted by atomic mass is 35.5. The van der Waals surface area contributed by atoms with E-state index >= 15 is 0 Å². The number of para-hydroxylation sites is 3. The van der Waals surface area contributed by atoms with E-state index in [1.165, 1.54) is 44.0 Å². The Balaban J connectivity index is 0.000000125. The molecule has 460 valence electrons. The van der Waals surface area contributed by atoms with Crippen LogP contribution in [0.3, 0.4) is 0 Å². The molecule has 0 atom stereocenters. The second-order valence-electron chi connectivity index (χ2n) is 21.8. The number of hydrogen-bond acceptors (Lipinski definition) is 23. The zero-order valence-corrected chi connectivity index (χ0v) is 50.1. The van der Waals surface area contributed by atoms with Crippen LogP contribution < -0.4 is 47.4 Å². The van der Waals surface area contributed by atoms with Gasteiger partial charge in [-0.1, -0.05) is 66.2 Å². The normalized spacial score (nSPS) is 16.6. The minimum atomic E-state index is -0.631. The van der Waals surface area contributed by atoms with Crippen LogP contribution in [0.1, 0.15) is 65.6 Å². The number of benzene rings is 3. The molecule has 3 amide bonds. The maximum absolute atomic E-state index is 12.9. The van der Waals surface area contributed by atoms with Crippen molar-refractivity contribution in [3.63, 3.8) is 0 Å². The standard InChI is InChI=1S/C22H20N8O.C17H20N6O.C12H14N2O.C5H5ClN4O2.C5H4N2O/c1-29-18(14-10-23-12-24-11-14)28-17-19(29)25-13-26-20(17)30-8-6-22(7-9-30)15-4-2-3-5-16(15)27-21(22)31;1-19-14-13(18)15(21-10-20-14)23-8-6-17(7-9-23)11-4-2-3-5-12(11)22-16(17)24;15-11-12(5-7-13-8-6-12)9-3-1-2-4-10(9)14-11;1-7-5-3(10(11)12)4(6)8-2-9-5;8-3-5-1-6-4-7-2-5/h2-5,10-13H,6-9H2,1H3,(H,27,31);2-5,10H,6-9,18H2,1H3,(H,22,24)(H,19,20,21);1-4,13H,5-8H2,(H,14,15);2H,1H3,(H,7,8,9);1-4H. The molecule has 0 bridgehead atoms. The van der Waals surface area contributed by atoms with Gasteiger partial charge in [0.05, 0.1) is 32.3 Å². The molecule has 6 aliphatic rings. The van der Waals surface area contributed by atoms with Crippen molar-refractivity contribution in [3.05, 3.63) is 167 Å². The highest BCUT2D eigenvalue weighted by molar-refractivity contribution is 6.31. The maximum Gasteiger partial charge on any atom is 0.348 e. The number of amides is 3. The number of halogens is 1. The van der Waals surface area contributed by atoms with E-state index in [1.807, 2.05) is 66.2 Å². The van der Waals surface area contributed by atoms with Crippen LogP contribution in [-0.4, -0.2) is 142 Å². The molecule has 3 saturated heterocycles. The van der Waals surface area contributed by atoms with Gasteiger partial charge in [0.25, 0.3) is 0 Å². The molecule has 90 heavy (non-hydrogen) atoms. The lowest BCUT2D eigenvalue weighted by atomic mass is 9.73. The smallest absolute Gasteiger partial charge is 0.348 e. The zero-order chi connectivity index (χ0) is 63.0. The number of imidazole rings is 1. The van der Waals surface area contributed by atoms with Gasteiger partial charge in [0, 0.05) is 89.2 Å². The van der Waals surface area contributed by atoms with E-state index in [0.717, 1.165) is 133 Å². The summed E-state index contributed by atoms with van der Waals surface area (Å²) < 4.78 is 1.94. The van der Waals surface area contributed by atoms with Crippen molar-refractivity contribution in [2.75, 3.05) is 95.5 Å². The topological polar surface area (TPSA) is 363 Å². The second-order valence-corrected chi connectivity index (χ2v) is 22.2. The number of aldehydes is 1. The third-order valence-corrected chi connectivity index (χ3v) is 17.4. The number of nitro groups is 1. The third kappa shape index (κ3) is 11.7. The van der Waals surface area contributed by atoms with E-state index in [4.69, 9.17) is 22.3 Å². The first-order valence-corrected chi connectivity index (χ1v) is 29.3. The fraction of sp³-hybridized carbons (Fsp3) is 0.295. The van der Waals surface area contributed by atoms with Gasteiger partial charge in [0.1, 0.15) is 43.1 Å². The number of nitrogens with two attached hydrogens (primary N) is 1. The monoisotopic (exact) mass is 1230 g/mol. The number of piperidine rings is 3. The molecule has 0 unspecified atom stereocenters. The summed E-state index contributed by atoms with van der Waals surface area (Å²) in [5.74, 6) is 3.41. The van der Waals surface area contributed by atoms with Crippen molar-refractivity contribution in [1.82, 2.24) is 64.7 Å². The van der Waals surface area contributed by atoms with Crippen molar-refractivity contribution in [2.45, 2.75) is 54.8 Å².